The number of nitriles is 1. The Bertz CT molecular complexity index is 1260. The molecule has 1 atom stereocenters. The van der Waals surface area contributed by atoms with Gasteiger partial charge in [-0.2, -0.15) is 5.26 Å². The minimum atomic E-state index is -2.03. The molecule has 1 aliphatic heterocycles. The largest absolute Gasteiger partial charge is 0.487 e. The van der Waals surface area contributed by atoms with Crippen LogP contribution >= 0.6 is 0 Å². The molecule has 12 heteroatoms. The van der Waals surface area contributed by atoms with Gasteiger partial charge >= 0.3 is 6.03 Å². The van der Waals surface area contributed by atoms with Crippen LogP contribution in [0.15, 0.2) is 18.3 Å². The van der Waals surface area contributed by atoms with Crippen LogP contribution in [0.5, 0.6) is 5.75 Å². The zero-order valence-electron chi connectivity index (χ0n) is 25.7. The van der Waals surface area contributed by atoms with Crippen LogP contribution in [0.3, 0.4) is 0 Å². The third-order valence-electron chi connectivity index (χ3n) is 7.52. The highest BCUT2D eigenvalue weighted by atomic mass is 28.4. The van der Waals surface area contributed by atoms with Gasteiger partial charge in [0.2, 0.25) is 6.29 Å². The van der Waals surface area contributed by atoms with E-state index < -0.39 is 20.6 Å². The van der Waals surface area contributed by atoms with Crippen molar-refractivity contribution in [1.82, 2.24) is 9.97 Å². The summed E-state index contributed by atoms with van der Waals surface area (Å²) in [6.45, 7) is 14.0. The van der Waals surface area contributed by atoms with Crippen molar-refractivity contribution >= 4 is 26.0 Å². The van der Waals surface area contributed by atoms with E-state index in [1.165, 1.54) is 6.20 Å². The standard InChI is InChI=1S/C29H43N5O6Si/c1-19(17-36-5)40-23-14-24(31-16-22(23)15-30)32-28(35)34-12-10-11-20-13-21(18-39-41(8,9)29(2,3)4)25(33-26(20)34)27(37-6)38-7/h13-14,16,19,27H,10-12,17-18H2,1-9H3,(H,31,32,35). The number of aromatic nitrogens is 2. The van der Waals surface area contributed by atoms with Gasteiger partial charge in [-0.05, 0) is 49.5 Å². The second-order valence-electron chi connectivity index (χ2n) is 11.6. The number of ether oxygens (including phenoxy) is 4. The van der Waals surface area contributed by atoms with Gasteiger partial charge in [-0.25, -0.2) is 14.8 Å². The van der Waals surface area contributed by atoms with Crippen LogP contribution in [-0.2, 0) is 31.7 Å². The molecule has 224 valence electrons. The Balaban J connectivity index is 1.92. The third kappa shape index (κ3) is 7.81. The quantitative estimate of drug-likeness (QED) is 0.266. The van der Waals surface area contributed by atoms with Crippen LogP contribution in [0.1, 0.15) is 62.8 Å². The molecule has 2 aromatic heterocycles. The van der Waals surface area contributed by atoms with E-state index in [0.717, 1.165) is 24.0 Å². The number of rotatable bonds is 11. The summed E-state index contributed by atoms with van der Waals surface area (Å²) in [7, 11) is 2.66. The Labute approximate surface area is 244 Å². The molecule has 0 saturated heterocycles. The lowest BCUT2D eigenvalue weighted by Gasteiger charge is -2.36. The minimum Gasteiger partial charge on any atom is -0.487 e. The first-order chi connectivity index (χ1) is 19.3. The molecule has 3 heterocycles. The van der Waals surface area contributed by atoms with Gasteiger partial charge in [0, 0.05) is 39.5 Å². The predicted octanol–water partition coefficient (Wildman–Crippen LogP) is 5.56. The number of hydrogen-bond acceptors (Lipinski definition) is 9. The second-order valence-corrected chi connectivity index (χ2v) is 16.4. The van der Waals surface area contributed by atoms with Crippen LogP contribution in [0.25, 0.3) is 0 Å². The van der Waals surface area contributed by atoms with E-state index in [1.807, 2.05) is 6.92 Å². The average molecular weight is 586 g/mol. The molecule has 1 unspecified atom stereocenters. The number of hydrogen-bond donors (Lipinski definition) is 1. The maximum atomic E-state index is 13.5. The molecule has 0 saturated carbocycles. The van der Waals surface area contributed by atoms with Gasteiger partial charge in [0.1, 0.15) is 40.8 Å². The number of fused-ring (bicyclic) bond motifs is 1. The molecule has 11 nitrogen and oxygen atoms in total. The van der Waals surface area contributed by atoms with Gasteiger partial charge in [0.25, 0.3) is 0 Å². The smallest absolute Gasteiger partial charge is 0.328 e. The van der Waals surface area contributed by atoms with Crippen LogP contribution in [0.4, 0.5) is 16.4 Å². The van der Waals surface area contributed by atoms with E-state index >= 15 is 0 Å². The summed E-state index contributed by atoms with van der Waals surface area (Å²) < 4.78 is 28.7. The molecule has 0 radical (unpaired) electrons. The monoisotopic (exact) mass is 585 g/mol. The Kier molecular flexibility index (Phi) is 10.9. The molecule has 1 aliphatic rings. The normalized spacial score (nSPS) is 14.4. The molecular weight excluding hydrogens is 542 g/mol. The van der Waals surface area contributed by atoms with E-state index in [4.69, 9.17) is 28.4 Å². The molecule has 0 aromatic carbocycles. The Morgan fingerprint density at radius 1 is 1.22 bits per heavy atom. The fourth-order valence-electron chi connectivity index (χ4n) is 4.22. The topological polar surface area (TPSA) is 128 Å². The third-order valence-corrected chi connectivity index (χ3v) is 12.0. The van der Waals surface area contributed by atoms with Gasteiger partial charge in [0.15, 0.2) is 8.32 Å². The van der Waals surface area contributed by atoms with Crippen molar-refractivity contribution in [2.45, 2.75) is 77.7 Å². The molecular formula is C29H43N5O6Si. The van der Waals surface area contributed by atoms with Crippen molar-refractivity contribution < 1.29 is 28.2 Å². The van der Waals surface area contributed by atoms with Crippen LogP contribution in [0, 0.1) is 11.3 Å². The number of anilines is 2. The first-order valence-electron chi connectivity index (χ1n) is 13.7. The second kappa shape index (κ2) is 13.7. The molecule has 3 rings (SSSR count). The number of urea groups is 1. The highest BCUT2D eigenvalue weighted by molar-refractivity contribution is 6.74. The summed E-state index contributed by atoms with van der Waals surface area (Å²) in [6.07, 6.45) is 1.90. The zero-order chi connectivity index (χ0) is 30.4. The molecule has 0 fully saturated rings. The number of amides is 2. The Hall–Kier alpha value is -3.08. The number of methoxy groups -OCH3 is 3. The van der Waals surface area contributed by atoms with Crippen molar-refractivity contribution in [1.29, 1.82) is 5.26 Å². The van der Waals surface area contributed by atoms with E-state index in [1.54, 1.807) is 32.3 Å². The lowest BCUT2D eigenvalue weighted by atomic mass is 10.0. The molecule has 2 amide bonds. The lowest BCUT2D eigenvalue weighted by Crippen LogP contribution is -2.41. The molecule has 41 heavy (non-hydrogen) atoms. The van der Waals surface area contributed by atoms with E-state index in [2.05, 4.69) is 56.3 Å². The molecule has 0 spiro atoms. The Morgan fingerprint density at radius 3 is 2.54 bits per heavy atom. The van der Waals surface area contributed by atoms with Crippen molar-refractivity contribution in [3.05, 3.63) is 40.7 Å². The average Bonchev–Trinajstić information content (AvgIpc) is 2.91. The van der Waals surface area contributed by atoms with Gasteiger partial charge in [-0.3, -0.25) is 10.2 Å². The van der Waals surface area contributed by atoms with E-state index in [0.29, 0.717) is 37.0 Å². The fourth-order valence-corrected chi connectivity index (χ4v) is 5.17. The zero-order valence-corrected chi connectivity index (χ0v) is 26.7. The maximum Gasteiger partial charge on any atom is 0.328 e. The molecule has 1 N–H and O–H groups in total. The van der Waals surface area contributed by atoms with Crippen LogP contribution in [0.2, 0.25) is 18.1 Å². The summed E-state index contributed by atoms with van der Waals surface area (Å²) in [5.74, 6) is 1.11. The van der Waals surface area contributed by atoms with Crippen LogP contribution < -0.4 is 15.0 Å². The number of pyridine rings is 2. The number of carbonyl (C=O) groups is 1. The first-order valence-corrected chi connectivity index (χ1v) is 16.6. The maximum absolute atomic E-state index is 13.5. The highest BCUT2D eigenvalue weighted by Gasteiger charge is 2.38. The van der Waals surface area contributed by atoms with Crippen LogP contribution in [-0.4, -0.2) is 64.9 Å². The van der Waals surface area contributed by atoms with E-state index in [9.17, 15) is 10.1 Å². The van der Waals surface area contributed by atoms with Crippen molar-refractivity contribution in [2.24, 2.45) is 0 Å². The van der Waals surface area contributed by atoms with Crippen molar-refractivity contribution in [3.8, 4) is 11.8 Å². The summed E-state index contributed by atoms with van der Waals surface area (Å²) in [4.78, 5) is 24.3. The number of nitrogens with one attached hydrogen (secondary N) is 1. The molecule has 2 aromatic rings. The van der Waals surface area contributed by atoms with Gasteiger partial charge in [-0.15, -0.1) is 0 Å². The first kappa shape index (κ1) is 32.4. The van der Waals surface area contributed by atoms with E-state index in [-0.39, 0.29) is 22.5 Å². The number of nitrogens with zero attached hydrogens (tertiary/aromatic N) is 4. The van der Waals surface area contributed by atoms with Crippen molar-refractivity contribution in [2.75, 3.05) is 44.7 Å². The number of aryl methyl sites for hydroxylation is 1. The summed E-state index contributed by atoms with van der Waals surface area (Å²) in [5.41, 5.74) is 2.66. The summed E-state index contributed by atoms with van der Waals surface area (Å²) in [5, 5.41) is 12.4. The summed E-state index contributed by atoms with van der Waals surface area (Å²) >= 11 is 0. The summed E-state index contributed by atoms with van der Waals surface area (Å²) in [6, 6.07) is 5.27. The van der Waals surface area contributed by atoms with Gasteiger partial charge < -0.3 is 23.4 Å². The molecule has 0 aliphatic carbocycles. The molecule has 0 bridgehead atoms. The minimum absolute atomic E-state index is 0.0534. The van der Waals surface area contributed by atoms with Gasteiger partial charge in [-0.1, -0.05) is 20.8 Å². The SMILES string of the molecule is COCC(C)Oc1cc(NC(=O)N2CCCc3cc(CO[Si](C)(C)C(C)(C)C)c(C(OC)OC)nc32)ncc1C#N. The Morgan fingerprint density at radius 2 is 1.93 bits per heavy atom. The predicted molar refractivity (Wildman–Crippen MR) is 159 cm³/mol. The highest BCUT2D eigenvalue weighted by Crippen LogP contribution is 2.38. The van der Waals surface area contributed by atoms with Gasteiger partial charge in [0.05, 0.1) is 19.4 Å². The lowest BCUT2D eigenvalue weighted by molar-refractivity contribution is -0.109. The fraction of sp³-hybridized carbons (Fsp3) is 0.586. The number of carbonyl (C=O) groups excluding carboxylic acids is 1. The van der Waals surface area contributed by atoms with Crippen molar-refractivity contribution in [3.63, 3.8) is 0 Å².